The van der Waals surface area contributed by atoms with Crippen LogP contribution in [0.3, 0.4) is 0 Å². The molecule has 0 aliphatic carbocycles. The van der Waals surface area contributed by atoms with E-state index in [4.69, 9.17) is 32.7 Å². The molecule has 0 spiro atoms. The van der Waals surface area contributed by atoms with Crippen molar-refractivity contribution >= 4 is 44.8 Å². The first-order valence-corrected chi connectivity index (χ1v) is 12.1. The summed E-state index contributed by atoms with van der Waals surface area (Å²) in [5, 5.41) is 3.57. The fraction of sp³-hybridized carbons (Fsp3) is 0.174. The van der Waals surface area contributed by atoms with Gasteiger partial charge in [0.2, 0.25) is 5.91 Å². The van der Waals surface area contributed by atoms with Crippen LogP contribution in [0.2, 0.25) is 10.0 Å². The number of hydrogen-bond donors (Lipinski definition) is 1. The quantitative estimate of drug-likeness (QED) is 0.410. The predicted molar refractivity (Wildman–Crippen MR) is 129 cm³/mol. The fourth-order valence-electron chi connectivity index (χ4n) is 2.90. The molecule has 174 valence electrons. The minimum absolute atomic E-state index is 0.0214. The minimum Gasteiger partial charge on any atom is -0.497 e. The van der Waals surface area contributed by atoms with Gasteiger partial charge in [0.1, 0.15) is 24.7 Å². The van der Waals surface area contributed by atoms with Crippen LogP contribution < -0.4 is 19.1 Å². The number of benzene rings is 3. The Balaban J connectivity index is 1.72. The lowest BCUT2D eigenvalue weighted by Crippen LogP contribution is -2.41. The van der Waals surface area contributed by atoms with Crippen LogP contribution in [0.4, 0.5) is 5.69 Å². The van der Waals surface area contributed by atoms with E-state index in [9.17, 15) is 13.2 Å². The molecule has 0 aromatic heterocycles. The van der Waals surface area contributed by atoms with Crippen molar-refractivity contribution in [2.24, 2.45) is 0 Å². The summed E-state index contributed by atoms with van der Waals surface area (Å²) in [7, 11) is -2.55. The zero-order chi connectivity index (χ0) is 23.8. The first-order valence-electron chi connectivity index (χ1n) is 9.87. The standard InChI is InChI=1S/C23H22Cl2N2O5S/c1-31-19-10-12-20(13-11-19)33(29,30)27(18-8-6-17(24)7-9-18)16-23(28)26-14-15-32-22-5-3-2-4-21(22)25/h2-13H,14-16H2,1H3,(H,26,28). The van der Waals surface area contributed by atoms with Gasteiger partial charge in [-0.3, -0.25) is 9.10 Å². The van der Waals surface area contributed by atoms with Crippen molar-refractivity contribution in [3.8, 4) is 11.5 Å². The molecule has 3 rings (SSSR count). The highest BCUT2D eigenvalue weighted by molar-refractivity contribution is 7.92. The average Bonchev–Trinajstić information content (AvgIpc) is 2.82. The number of carbonyl (C=O) groups is 1. The lowest BCUT2D eigenvalue weighted by molar-refractivity contribution is -0.119. The lowest BCUT2D eigenvalue weighted by Gasteiger charge is -2.24. The third-order valence-electron chi connectivity index (χ3n) is 4.57. The van der Waals surface area contributed by atoms with Crippen LogP contribution in [0.1, 0.15) is 0 Å². The number of hydrogen-bond acceptors (Lipinski definition) is 5. The molecule has 0 bridgehead atoms. The first kappa shape index (κ1) is 24.7. The van der Waals surface area contributed by atoms with Crippen LogP contribution in [-0.2, 0) is 14.8 Å². The van der Waals surface area contributed by atoms with Gasteiger partial charge >= 0.3 is 0 Å². The number of carbonyl (C=O) groups excluding carboxylic acids is 1. The molecule has 0 aliphatic heterocycles. The maximum Gasteiger partial charge on any atom is 0.264 e. The van der Waals surface area contributed by atoms with Gasteiger partial charge in [-0.2, -0.15) is 0 Å². The van der Waals surface area contributed by atoms with Gasteiger partial charge in [-0.25, -0.2) is 8.42 Å². The maximum absolute atomic E-state index is 13.3. The largest absolute Gasteiger partial charge is 0.497 e. The third kappa shape index (κ3) is 6.54. The van der Waals surface area contributed by atoms with E-state index in [1.165, 1.54) is 31.4 Å². The Morgan fingerprint density at radius 3 is 2.27 bits per heavy atom. The molecule has 0 saturated carbocycles. The fourth-order valence-corrected chi connectivity index (χ4v) is 4.63. The van der Waals surface area contributed by atoms with Gasteiger partial charge in [0.05, 0.1) is 29.3 Å². The van der Waals surface area contributed by atoms with Crippen LogP contribution in [0.15, 0.2) is 77.7 Å². The lowest BCUT2D eigenvalue weighted by atomic mass is 10.3. The van der Waals surface area contributed by atoms with E-state index in [-0.39, 0.29) is 18.0 Å². The topological polar surface area (TPSA) is 84.9 Å². The number of nitrogens with zero attached hydrogens (tertiary/aromatic N) is 1. The van der Waals surface area contributed by atoms with E-state index in [0.29, 0.717) is 27.2 Å². The second-order valence-electron chi connectivity index (χ2n) is 6.79. The summed E-state index contributed by atoms with van der Waals surface area (Å²) < 4.78 is 38.3. The van der Waals surface area contributed by atoms with E-state index in [2.05, 4.69) is 5.32 Å². The Bertz CT molecular complexity index is 1190. The molecular formula is C23H22Cl2N2O5S. The number of halogens is 2. The number of rotatable bonds is 10. The molecule has 1 N–H and O–H groups in total. The second-order valence-corrected chi connectivity index (χ2v) is 9.50. The Kier molecular flexibility index (Phi) is 8.43. The Morgan fingerprint density at radius 1 is 0.970 bits per heavy atom. The average molecular weight is 509 g/mol. The number of sulfonamides is 1. The summed E-state index contributed by atoms with van der Waals surface area (Å²) in [6, 6.07) is 19.1. The zero-order valence-corrected chi connectivity index (χ0v) is 20.0. The van der Waals surface area contributed by atoms with Gasteiger partial charge in [-0.15, -0.1) is 0 Å². The van der Waals surface area contributed by atoms with Crippen LogP contribution in [-0.4, -0.2) is 41.1 Å². The number of anilines is 1. The van der Waals surface area contributed by atoms with E-state index in [1.54, 1.807) is 48.5 Å². The van der Waals surface area contributed by atoms with E-state index in [0.717, 1.165) is 4.31 Å². The number of nitrogens with one attached hydrogen (secondary N) is 1. The van der Waals surface area contributed by atoms with Crippen LogP contribution in [0.25, 0.3) is 0 Å². The van der Waals surface area contributed by atoms with Gasteiger partial charge in [-0.1, -0.05) is 35.3 Å². The van der Waals surface area contributed by atoms with Crippen LogP contribution in [0, 0.1) is 0 Å². The molecule has 0 atom stereocenters. The van der Waals surface area contributed by atoms with E-state index < -0.39 is 22.5 Å². The third-order valence-corrected chi connectivity index (χ3v) is 6.92. The minimum atomic E-state index is -4.04. The van der Waals surface area contributed by atoms with Gasteiger partial charge < -0.3 is 14.8 Å². The molecular weight excluding hydrogens is 487 g/mol. The van der Waals surface area contributed by atoms with Crippen molar-refractivity contribution in [3.05, 3.63) is 82.8 Å². The summed E-state index contributed by atoms with van der Waals surface area (Å²) in [6.07, 6.45) is 0. The molecule has 1 amide bonds. The van der Waals surface area contributed by atoms with Crippen LogP contribution in [0.5, 0.6) is 11.5 Å². The summed E-state index contributed by atoms with van der Waals surface area (Å²) in [5.74, 6) is 0.520. The van der Waals surface area contributed by atoms with Crippen molar-refractivity contribution in [1.82, 2.24) is 5.32 Å². The smallest absolute Gasteiger partial charge is 0.264 e. The highest BCUT2D eigenvalue weighted by Gasteiger charge is 2.27. The predicted octanol–water partition coefficient (Wildman–Crippen LogP) is 4.39. The first-order chi connectivity index (χ1) is 15.8. The van der Waals surface area contributed by atoms with Gasteiger partial charge in [0.15, 0.2) is 0 Å². The van der Waals surface area contributed by atoms with Crippen LogP contribution >= 0.6 is 23.2 Å². The maximum atomic E-state index is 13.3. The van der Waals surface area contributed by atoms with Gasteiger partial charge in [-0.05, 0) is 60.7 Å². The zero-order valence-electron chi connectivity index (χ0n) is 17.7. The van der Waals surface area contributed by atoms with Crippen molar-refractivity contribution in [1.29, 1.82) is 0 Å². The number of para-hydroxylation sites is 1. The highest BCUT2D eigenvalue weighted by Crippen LogP contribution is 2.26. The number of methoxy groups -OCH3 is 1. The Labute approximate surface area is 202 Å². The van der Waals surface area contributed by atoms with Crippen molar-refractivity contribution < 1.29 is 22.7 Å². The molecule has 3 aromatic carbocycles. The van der Waals surface area contributed by atoms with Crippen molar-refractivity contribution in [3.63, 3.8) is 0 Å². The monoisotopic (exact) mass is 508 g/mol. The van der Waals surface area contributed by atoms with Crippen molar-refractivity contribution in [2.75, 3.05) is 31.1 Å². The molecule has 0 fully saturated rings. The summed E-state index contributed by atoms with van der Waals surface area (Å²) >= 11 is 12.0. The van der Waals surface area contributed by atoms with E-state index in [1.807, 2.05) is 0 Å². The molecule has 0 heterocycles. The second kappa shape index (κ2) is 11.3. The van der Waals surface area contributed by atoms with Gasteiger partial charge in [0.25, 0.3) is 10.0 Å². The van der Waals surface area contributed by atoms with Crippen molar-refractivity contribution in [2.45, 2.75) is 4.90 Å². The highest BCUT2D eigenvalue weighted by atomic mass is 35.5. The van der Waals surface area contributed by atoms with E-state index >= 15 is 0 Å². The number of ether oxygens (including phenoxy) is 2. The molecule has 0 saturated heterocycles. The molecule has 0 aliphatic rings. The molecule has 0 unspecified atom stereocenters. The number of amides is 1. The summed E-state index contributed by atoms with van der Waals surface area (Å²) in [4.78, 5) is 12.6. The summed E-state index contributed by atoms with van der Waals surface area (Å²) in [6.45, 7) is -0.0924. The Morgan fingerprint density at radius 2 is 1.64 bits per heavy atom. The molecule has 10 heteroatoms. The normalized spacial score (nSPS) is 11.0. The summed E-state index contributed by atoms with van der Waals surface area (Å²) in [5.41, 5.74) is 0.303. The molecule has 33 heavy (non-hydrogen) atoms. The Hall–Kier alpha value is -2.94. The van der Waals surface area contributed by atoms with Gasteiger partial charge in [0, 0.05) is 5.02 Å². The molecule has 7 nitrogen and oxygen atoms in total. The SMILES string of the molecule is COc1ccc(S(=O)(=O)N(CC(=O)NCCOc2ccccc2Cl)c2ccc(Cl)cc2)cc1. The molecule has 3 aromatic rings. The molecule has 0 radical (unpaired) electrons.